The Hall–Kier alpha value is -1.63. The quantitative estimate of drug-likeness (QED) is 0.857. The molecule has 0 saturated carbocycles. The van der Waals surface area contributed by atoms with Crippen LogP contribution in [0.4, 0.5) is 4.39 Å². The van der Waals surface area contributed by atoms with Crippen molar-refractivity contribution in [3.63, 3.8) is 0 Å². The van der Waals surface area contributed by atoms with E-state index in [1.54, 1.807) is 0 Å². The molecule has 2 N–H and O–H groups in total. The maximum atomic E-state index is 13.4. The Bertz CT molecular complexity index is 579. The second-order valence-corrected chi connectivity index (χ2v) is 6.84. The SMILES string of the molecule is O=C(NCC1CCS(=O)(=O)C1)c1c(O)cccc1F. The third-order valence-corrected chi connectivity index (χ3v) is 4.93. The third kappa shape index (κ3) is 3.23. The van der Waals surface area contributed by atoms with E-state index in [9.17, 15) is 22.7 Å². The highest BCUT2D eigenvalue weighted by Crippen LogP contribution is 2.21. The number of hydrogen-bond donors (Lipinski definition) is 2. The van der Waals surface area contributed by atoms with Crippen molar-refractivity contribution in [3.05, 3.63) is 29.6 Å². The fourth-order valence-electron chi connectivity index (χ4n) is 2.10. The molecule has 7 heteroatoms. The molecule has 1 saturated heterocycles. The predicted molar refractivity (Wildman–Crippen MR) is 67.2 cm³/mol. The minimum atomic E-state index is -3.00. The van der Waals surface area contributed by atoms with Crippen LogP contribution in [0.15, 0.2) is 18.2 Å². The molecule has 1 fully saturated rings. The average molecular weight is 287 g/mol. The van der Waals surface area contributed by atoms with Crippen LogP contribution in [-0.4, -0.2) is 37.5 Å². The van der Waals surface area contributed by atoms with Crippen molar-refractivity contribution in [1.29, 1.82) is 0 Å². The summed E-state index contributed by atoms with van der Waals surface area (Å²) in [5, 5.41) is 11.9. The number of benzene rings is 1. The highest BCUT2D eigenvalue weighted by molar-refractivity contribution is 7.91. The fraction of sp³-hybridized carbons (Fsp3) is 0.417. The number of rotatable bonds is 3. The van der Waals surface area contributed by atoms with Crippen molar-refractivity contribution in [2.24, 2.45) is 5.92 Å². The third-order valence-electron chi connectivity index (χ3n) is 3.10. The summed E-state index contributed by atoms with van der Waals surface area (Å²) in [7, 11) is -3.00. The first-order valence-electron chi connectivity index (χ1n) is 5.85. The van der Waals surface area contributed by atoms with E-state index in [1.165, 1.54) is 12.1 Å². The highest BCUT2D eigenvalue weighted by Gasteiger charge is 2.28. The van der Waals surface area contributed by atoms with Gasteiger partial charge in [-0.25, -0.2) is 12.8 Å². The first-order chi connectivity index (χ1) is 8.89. The Morgan fingerprint density at radius 1 is 1.47 bits per heavy atom. The molecule has 1 unspecified atom stereocenters. The molecular formula is C12H14FNO4S. The number of sulfone groups is 1. The van der Waals surface area contributed by atoms with Crippen LogP contribution in [0.1, 0.15) is 16.8 Å². The second kappa shape index (κ2) is 5.16. The lowest BCUT2D eigenvalue weighted by Crippen LogP contribution is -2.30. The molecule has 1 aliphatic rings. The number of carbonyl (C=O) groups excluding carboxylic acids is 1. The van der Waals surface area contributed by atoms with Crippen LogP contribution in [0.2, 0.25) is 0 Å². The Balaban J connectivity index is 1.99. The standard InChI is InChI=1S/C12H14FNO4S/c13-9-2-1-3-10(15)11(9)12(16)14-6-8-4-5-19(17,18)7-8/h1-3,8,15H,4-7H2,(H,14,16). The van der Waals surface area contributed by atoms with Gasteiger partial charge in [-0.15, -0.1) is 0 Å². The van der Waals surface area contributed by atoms with Gasteiger partial charge in [0, 0.05) is 6.54 Å². The maximum Gasteiger partial charge on any atom is 0.258 e. The number of carbonyl (C=O) groups is 1. The maximum absolute atomic E-state index is 13.4. The second-order valence-electron chi connectivity index (χ2n) is 4.61. The number of hydrogen-bond acceptors (Lipinski definition) is 4. The molecular weight excluding hydrogens is 273 g/mol. The molecule has 5 nitrogen and oxygen atoms in total. The first kappa shape index (κ1) is 13.8. The molecule has 0 aromatic heterocycles. The molecule has 1 atom stereocenters. The van der Waals surface area contributed by atoms with Gasteiger partial charge < -0.3 is 10.4 Å². The van der Waals surface area contributed by atoms with E-state index in [1.807, 2.05) is 0 Å². The molecule has 1 aliphatic heterocycles. The van der Waals surface area contributed by atoms with Gasteiger partial charge in [-0.2, -0.15) is 0 Å². The Labute approximate surface area is 110 Å². The normalized spacial score (nSPS) is 21.2. The zero-order chi connectivity index (χ0) is 14.0. The summed E-state index contributed by atoms with van der Waals surface area (Å²) in [6.07, 6.45) is 0.492. The zero-order valence-corrected chi connectivity index (χ0v) is 10.9. The number of phenols is 1. The summed E-state index contributed by atoms with van der Waals surface area (Å²) < 4.78 is 35.9. The number of nitrogens with one attached hydrogen (secondary N) is 1. The number of halogens is 1. The summed E-state index contributed by atoms with van der Waals surface area (Å²) in [6.45, 7) is 0.159. The summed E-state index contributed by atoms with van der Waals surface area (Å²) >= 11 is 0. The molecule has 0 radical (unpaired) electrons. The minimum Gasteiger partial charge on any atom is -0.507 e. The van der Waals surface area contributed by atoms with E-state index in [-0.39, 0.29) is 24.0 Å². The van der Waals surface area contributed by atoms with Gasteiger partial charge in [-0.05, 0) is 24.5 Å². The summed E-state index contributed by atoms with van der Waals surface area (Å²) in [5.41, 5.74) is -0.414. The van der Waals surface area contributed by atoms with Crippen molar-refractivity contribution in [2.45, 2.75) is 6.42 Å². The average Bonchev–Trinajstić information content (AvgIpc) is 2.66. The van der Waals surface area contributed by atoms with Crippen molar-refractivity contribution in [2.75, 3.05) is 18.1 Å². The van der Waals surface area contributed by atoms with Gasteiger partial charge in [0.25, 0.3) is 5.91 Å². The molecule has 1 amide bonds. The van der Waals surface area contributed by atoms with Crippen LogP contribution >= 0.6 is 0 Å². The first-order valence-corrected chi connectivity index (χ1v) is 7.67. The molecule has 19 heavy (non-hydrogen) atoms. The van der Waals surface area contributed by atoms with E-state index < -0.39 is 32.9 Å². The summed E-state index contributed by atoms with van der Waals surface area (Å²) in [4.78, 5) is 11.7. The molecule has 1 heterocycles. The van der Waals surface area contributed by atoms with Crippen LogP contribution < -0.4 is 5.32 Å². The van der Waals surface area contributed by atoms with Gasteiger partial charge in [0.15, 0.2) is 9.84 Å². The molecule has 1 aromatic rings. The summed E-state index contributed by atoms with van der Waals surface area (Å²) in [6, 6.07) is 3.59. The lowest BCUT2D eigenvalue weighted by atomic mass is 10.1. The van der Waals surface area contributed by atoms with Crippen LogP contribution in [0, 0.1) is 11.7 Å². The zero-order valence-electron chi connectivity index (χ0n) is 10.1. The van der Waals surface area contributed by atoms with E-state index in [2.05, 4.69) is 5.32 Å². The molecule has 0 aliphatic carbocycles. The van der Waals surface area contributed by atoms with E-state index in [0.29, 0.717) is 6.42 Å². The Morgan fingerprint density at radius 2 is 2.21 bits per heavy atom. The van der Waals surface area contributed by atoms with Gasteiger partial charge in [-0.1, -0.05) is 6.07 Å². The minimum absolute atomic E-state index is 0.0382. The Morgan fingerprint density at radius 3 is 2.79 bits per heavy atom. The smallest absolute Gasteiger partial charge is 0.258 e. The number of aromatic hydroxyl groups is 1. The Kier molecular flexibility index (Phi) is 3.75. The van der Waals surface area contributed by atoms with E-state index in [4.69, 9.17) is 0 Å². The van der Waals surface area contributed by atoms with Gasteiger partial charge in [-0.3, -0.25) is 4.79 Å². The van der Waals surface area contributed by atoms with Gasteiger partial charge in [0.2, 0.25) is 0 Å². The van der Waals surface area contributed by atoms with Crippen molar-refractivity contribution < 1.29 is 22.7 Å². The highest BCUT2D eigenvalue weighted by atomic mass is 32.2. The molecule has 2 rings (SSSR count). The van der Waals surface area contributed by atoms with Crippen molar-refractivity contribution in [1.82, 2.24) is 5.32 Å². The van der Waals surface area contributed by atoms with E-state index >= 15 is 0 Å². The van der Waals surface area contributed by atoms with Crippen molar-refractivity contribution in [3.8, 4) is 5.75 Å². The molecule has 1 aromatic carbocycles. The van der Waals surface area contributed by atoms with Crippen LogP contribution in [0.25, 0.3) is 0 Å². The number of phenolic OH excluding ortho intramolecular Hbond substituents is 1. The number of amides is 1. The molecule has 104 valence electrons. The van der Waals surface area contributed by atoms with Gasteiger partial charge in [0.05, 0.1) is 11.5 Å². The largest absolute Gasteiger partial charge is 0.507 e. The topological polar surface area (TPSA) is 83.5 Å². The van der Waals surface area contributed by atoms with Crippen LogP contribution in [0.5, 0.6) is 5.75 Å². The van der Waals surface area contributed by atoms with Crippen LogP contribution in [-0.2, 0) is 9.84 Å². The summed E-state index contributed by atoms with van der Waals surface area (Å²) in [5.74, 6) is -1.97. The lowest BCUT2D eigenvalue weighted by Gasteiger charge is -2.10. The molecule has 0 spiro atoms. The van der Waals surface area contributed by atoms with Crippen LogP contribution in [0.3, 0.4) is 0 Å². The fourth-order valence-corrected chi connectivity index (χ4v) is 3.96. The molecule has 0 bridgehead atoms. The van der Waals surface area contributed by atoms with Gasteiger partial charge in [0.1, 0.15) is 17.1 Å². The van der Waals surface area contributed by atoms with Gasteiger partial charge >= 0.3 is 0 Å². The lowest BCUT2D eigenvalue weighted by molar-refractivity contribution is 0.0941. The predicted octanol–water partition coefficient (Wildman–Crippen LogP) is 0.696. The van der Waals surface area contributed by atoms with Crippen molar-refractivity contribution >= 4 is 15.7 Å². The van der Waals surface area contributed by atoms with E-state index in [0.717, 1.165) is 6.07 Å². The monoisotopic (exact) mass is 287 g/mol.